The van der Waals surface area contributed by atoms with Crippen molar-refractivity contribution in [2.75, 3.05) is 19.6 Å². The Labute approximate surface area is 111 Å². The Kier molecular flexibility index (Phi) is 4.66. The molecule has 1 aliphatic carbocycles. The van der Waals surface area contributed by atoms with Gasteiger partial charge in [-0.2, -0.15) is 0 Å². The lowest BCUT2D eigenvalue weighted by molar-refractivity contribution is -0.139. The van der Waals surface area contributed by atoms with Gasteiger partial charge in [-0.1, -0.05) is 20.3 Å². The highest BCUT2D eigenvalue weighted by atomic mass is 16.2. The van der Waals surface area contributed by atoms with Crippen LogP contribution in [0.15, 0.2) is 0 Å². The van der Waals surface area contributed by atoms with Crippen LogP contribution >= 0.6 is 0 Å². The van der Waals surface area contributed by atoms with Crippen LogP contribution in [-0.2, 0) is 4.79 Å². The molecule has 1 aliphatic heterocycles. The van der Waals surface area contributed by atoms with Crippen LogP contribution in [0.2, 0.25) is 0 Å². The molecule has 2 N–H and O–H groups in total. The SMILES string of the molecule is CC1CC(C)CN(C(=O)C2CCCC(CN)C2)C1. The summed E-state index contributed by atoms with van der Waals surface area (Å²) in [6.07, 6.45) is 5.76. The fourth-order valence-electron chi connectivity index (χ4n) is 3.83. The molecular weight excluding hydrogens is 224 g/mol. The lowest BCUT2D eigenvalue weighted by Crippen LogP contribution is -2.46. The van der Waals surface area contributed by atoms with E-state index in [1.165, 1.54) is 19.3 Å². The molecule has 1 saturated carbocycles. The number of amides is 1. The monoisotopic (exact) mass is 252 g/mol. The van der Waals surface area contributed by atoms with Crippen LogP contribution in [-0.4, -0.2) is 30.4 Å². The first-order valence-electron chi connectivity index (χ1n) is 7.59. The smallest absolute Gasteiger partial charge is 0.225 e. The Balaban J connectivity index is 1.93. The molecule has 1 heterocycles. The summed E-state index contributed by atoms with van der Waals surface area (Å²) in [5, 5.41) is 0. The summed E-state index contributed by atoms with van der Waals surface area (Å²) in [7, 11) is 0. The second-order valence-electron chi connectivity index (χ2n) is 6.65. The predicted octanol–water partition coefficient (Wildman–Crippen LogP) is 2.26. The average molecular weight is 252 g/mol. The van der Waals surface area contributed by atoms with Gasteiger partial charge in [0.15, 0.2) is 0 Å². The number of carbonyl (C=O) groups is 1. The summed E-state index contributed by atoms with van der Waals surface area (Å²) in [6.45, 7) is 7.20. The lowest BCUT2D eigenvalue weighted by atomic mass is 9.80. The number of rotatable bonds is 2. The van der Waals surface area contributed by atoms with Crippen molar-refractivity contribution < 1.29 is 4.79 Å². The van der Waals surface area contributed by atoms with E-state index in [-0.39, 0.29) is 5.92 Å². The molecule has 3 heteroatoms. The van der Waals surface area contributed by atoms with Crippen LogP contribution in [0.5, 0.6) is 0 Å². The number of hydrogen-bond acceptors (Lipinski definition) is 2. The van der Waals surface area contributed by atoms with Crippen molar-refractivity contribution in [1.29, 1.82) is 0 Å². The minimum absolute atomic E-state index is 0.254. The first-order valence-corrected chi connectivity index (χ1v) is 7.59. The molecule has 2 rings (SSSR count). The van der Waals surface area contributed by atoms with Crippen molar-refractivity contribution in [1.82, 2.24) is 4.90 Å². The van der Waals surface area contributed by atoms with Gasteiger partial charge in [0, 0.05) is 19.0 Å². The molecule has 18 heavy (non-hydrogen) atoms. The zero-order valence-corrected chi connectivity index (χ0v) is 11.9. The van der Waals surface area contributed by atoms with Gasteiger partial charge in [-0.25, -0.2) is 0 Å². The van der Waals surface area contributed by atoms with Crippen LogP contribution in [0.4, 0.5) is 0 Å². The summed E-state index contributed by atoms with van der Waals surface area (Å²) >= 11 is 0. The van der Waals surface area contributed by atoms with Gasteiger partial charge in [0.1, 0.15) is 0 Å². The van der Waals surface area contributed by atoms with Crippen molar-refractivity contribution in [3.63, 3.8) is 0 Å². The fourth-order valence-corrected chi connectivity index (χ4v) is 3.83. The third kappa shape index (κ3) is 3.25. The minimum Gasteiger partial charge on any atom is -0.342 e. The lowest BCUT2D eigenvalue weighted by Gasteiger charge is -2.38. The normalized spacial score (nSPS) is 37.6. The van der Waals surface area contributed by atoms with E-state index < -0.39 is 0 Å². The molecular formula is C15H28N2O. The maximum atomic E-state index is 12.6. The van der Waals surface area contributed by atoms with Crippen molar-refractivity contribution in [3.05, 3.63) is 0 Å². The van der Waals surface area contributed by atoms with Crippen LogP contribution < -0.4 is 5.73 Å². The van der Waals surface area contributed by atoms with E-state index in [4.69, 9.17) is 5.73 Å². The van der Waals surface area contributed by atoms with E-state index in [9.17, 15) is 4.79 Å². The number of nitrogens with zero attached hydrogens (tertiary/aromatic N) is 1. The Hall–Kier alpha value is -0.570. The second-order valence-corrected chi connectivity index (χ2v) is 6.65. The van der Waals surface area contributed by atoms with Gasteiger partial charge >= 0.3 is 0 Å². The van der Waals surface area contributed by atoms with Gasteiger partial charge in [0.2, 0.25) is 5.91 Å². The summed E-state index contributed by atoms with van der Waals surface area (Å²) in [5.74, 6) is 2.56. The molecule has 0 spiro atoms. The molecule has 0 aromatic rings. The highest BCUT2D eigenvalue weighted by Crippen LogP contribution is 2.31. The van der Waals surface area contributed by atoms with Gasteiger partial charge in [-0.15, -0.1) is 0 Å². The quantitative estimate of drug-likeness (QED) is 0.819. The van der Waals surface area contributed by atoms with Crippen LogP contribution in [0.25, 0.3) is 0 Å². The molecule has 1 amide bonds. The molecule has 0 aromatic carbocycles. The summed E-state index contributed by atoms with van der Waals surface area (Å²) in [5.41, 5.74) is 5.76. The first-order chi connectivity index (χ1) is 8.60. The third-order valence-electron chi connectivity index (χ3n) is 4.65. The Morgan fingerprint density at radius 3 is 2.44 bits per heavy atom. The van der Waals surface area contributed by atoms with Gasteiger partial charge in [-0.3, -0.25) is 4.79 Å². The largest absolute Gasteiger partial charge is 0.342 e. The molecule has 4 unspecified atom stereocenters. The molecule has 0 aromatic heterocycles. The van der Waals surface area contributed by atoms with Crippen molar-refractivity contribution in [2.45, 2.75) is 46.0 Å². The van der Waals surface area contributed by atoms with E-state index in [1.54, 1.807) is 0 Å². The molecule has 4 atom stereocenters. The number of likely N-dealkylation sites (tertiary alicyclic amines) is 1. The molecule has 0 radical (unpaired) electrons. The Bertz CT molecular complexity index is 282. The molecule has 2 fully saturated rings. The number of nitrogens with two attached hydrogens (primary N) is 1. The van der Waals surface area contributed by atoms with Crippen LogP contribution in [0.1, 0.15) is 46.0 Å². The van der Waals surface area contributed by atoms with Crippen molar-refractivity contribution in [3.8, 4) is 0 Å². The number of hydrogen-bond donors (Lipinski definition) is 1. The maximum Gasteiger partial charge on any atom is 0.225 e. The minimum atomic E-state index is 0.254. The predicted molar refractivity (Wildman–Crippen MR) is 74.0 cm³/mol. The zero-order valence-electron chi connectivity index (χ0n) is 11.9. The summed E-state index contributed by atoms with van der Waals surface area (Å²) in [6, 6.07) is 0. The third-order valence-corrected chi connectivity index (χ3v) is 4.65. The highest BCUT2D eigenvalue weighted by Gasteiger charge is 2.32. The average Bonchev–Trinajstić information content (AvgIpc) is 2.37. The maximum absolute atomic E-state index is 12.6. The van der Waals surface area contributed by atoms with Crippen LogP contribution in [0, 0.1) is 23.7 Å². The number of piperidine rings is 1. The van der Waals surface area contributed by atoms with Crippen molar-refractivity contribution in [2.24, 2.45) is 29.4 Å². The molecule has 104 valence electrons. The van der Waals surface area contributed by atoms with Crippen LogP contribution in [0.3, 0.4) is 0 Å². The van der Waals surface area contributed by atoms with E-state index in [0.717, 1.165) is 32.5 Å². The van der Waals surface area contributed by atoms with E-state index in [1.807, 2.05) is 0 Å². The molecule has 2 aliphatic rings. The topological polar surface area (TPSA) is 46.3 Å². The molecule has 1 saturated heterocycles. The standard InChI is InChI=1S/C15H28N2O/c1-11-6-12(2)10-17(9-11)15(18)14-5-3-4-13(7-14)8-16/h11-14H,3-10,16H2,1-2H3. The Morgan fingerprint density at radius 2 is 1.83 bits per heavy atom. The van der Waals surface area contributed by atoms with E-state index in [0.29, 0.717) is 23.7 Å². The first kappa shape index (κ1) is 13.9. The van der Waals surface area contributed by atoms with Gasteiger partial charge in [0.25, 0.3) is 0 Å². The molecule has 3 nitrogen and oxygen atoms in total. The van der Waals surface area contributed by atoms with Gasteiger partial charge < -0.3 is 10.6 Å². The van der Waals surface area contributed by atoms with E-state index in [2.05, 4.69) is 18.7 Å². The fraction of sp³-hybridized carbons (Fsp3) is 0.933. The van der Waals surface area contributed by atoms with E-state index >= 15 is 0 Å². The summed E-state index contributed by atoms with van der Waals surface area (Å²) < 4.78 is 0. The van der Waals surface area contributed by atoms with Gasteiger partial charge in [0.05, 0.1) is 0 Å². The second kappa shape index (κ2) is 6.05. The van der Waals surface area contributed by atoms with Gasteiger partial charge in [-0.05, 0) is 50.0 Å². The Morgan fingerprint density at radius 1 is 1.17 bits per heavy atom. The van der Waals surface area contributed by atoms with Crippen molar-refractivity contribution >= 4 is 5.91 Å². The highest BCUT2D eigenvalue weighted by molar-refractivity contribution is 5.79. The molecule has 0 bridgehead atoms. The summed E-state index contributed by atoms with van der Waals surface area (Å²) in [4.78, 5) is 14.7. The number of carbonyl (C=O) groups excluding carboxylic acids is 1. The zero-order chi connectivity index (χ0) is 13.1.